The van der Waals surface area contributed by atoms with Crippen molar-refractivity contribution in [2.75, 3.05) is 275 Å². The van der Waals surface area contributed by atoms with Gasteiger partial charge in [0.15, 0.2) is 0 Å². The van der Waals surface area contributed by atoms with Crippen molar-refractivity contribution in [2.24, 2.45) is 86.0 Å². The van der Waals surface area contributed by atoms with Crippen LogP contribution in [0.25, 0.3) is 0 Å². The number of rotatable bonds is 32. The van der Waals surface area contributed by atoms with Crippen molar-refractivity contribution < 1.29 is 162 Å². The van der Waals surface area contributed by atoms with Gasteiger partial charge in [-0.15, -0.1) is 0 Å². The molecule has 0 aromatic rings. The highest BCUT2D eigenvalue weighted by molar-refractivity contribution is 5.79. The van der Waals surface area contributed by atoms with Crippen molar-refractivity contribution >= 4 is 109 Å². The van der Waals surface area contributed by atoms with E-state index >= 15 is 0 Å². The van der Waals surface area contributed by atoms with Crippen LogP contribution in [-0.2, 0) is 28.7 Å². The van der Waals surface area contributed by atoms with Crippen LogP contribution in [0.1, 0.15) is 25.7 Å². The Morgan fingerprint density at radius 3 is 0.817 bits per heavy atom. The second-order valence-corrected chi connectivity index (χ2v) is 22.9. The highest BCUT2D eigenvalue weighted by Gasteiger charge is 2.24. The SMILES string of the molecule is NC(N)=O.NCCN.NCCN.NCCN.NCCN.NCCN1CCNC1=O.NCCNC(=O)NCCN.NCCNC(=O)O.NCCNCCN1CCNC1=O.O=C(O)O.O=C(O)O.O=C([O-])CCCNC(=O)[O-].O=C([O-])CCCNC(=O)[O-].O=C1NCCN1.O=C1NCCN1CCN1CCNC1=O.O=C1NCCN1CCO.O=C1OCCO1.O=C=O.[NH3+]CCNC(=O)[O-]. The Morgan fingerprint density at radius 1 is 0.366 bits per heavy atom. The number of ether oxygens (including phenoxy) is 2. The highest BCUT2D eigenvalue weighted by Crippen LogP contribution is 2.01. The molecule has 67 heteroatoms. The normalized spacial score (nSPS) is 12.6. The van der Waals surface area contributed by atoms with Gasteiger partial charge in [0.05, 0.1) is 19.7 Å². The van der Waals surface area contributed by atoms with E-state index in [-0.39, 0.29) is 93.7 Å². The third-order valence-electron chi connectivity index (χ3n) is 12.3. The van der Waals surface area contributed by atoms with Crippen molar-refractivity contribution in [2.45, 2.75) is 25.7 Å². The molecule has 0 spiro atoms. The van der Waals surface area contributed by atoms with Crippen molar-refractivity contribution in [3.05, 3.63) is 0 Å². The summed E-state index contributed by atoms with van der Waals surface area (Å²) in [5, 5.41) is 127. The van der Waals surface area contributed by atoms with Gasteiger partial charge in [0.1, 0.15) is 31.5 Å². The summed E-state index contributed by atoms with van der Waals surface area (Å²) >= 11 is 0. The lowest BCUT2D eigenvalue weighted by Crippen LogP contribution is -2.56. The first-order chi connectivity index (χ1) is 62.0. The largest absolute Gasteiger partial charge is 0.550 e. The van der Waals surface area contributed by atoms with Crippen LogP contribution in [0, 0.1) is 0 Å². The van der Waals surface area contributed by atoms with Gasteiger partial charge in [-0.05, 0) is 25.7 Å². The fourth-order valence-electron chi connectivity index (χ4n) is 6.94. The summed E-state index contributed by atoms with van der Waals surface area (Å²) in [7, 11) is 0. The van der Waals surface area contributed by atoms with Gasteiger partial charge in [0, 0.05) is 254 Å². The van der Waals surface area contributed by atoms with Crippen LogP contribution in [-0.4, -0.2) is 439 Å². The molecule has 772 valence electrons. The zero-order chi connectivity index (χ0) is 103. The van der Waals surface area contributed by atoms with Crippen LogP contribution < -0.4 is 192 Å². The number of nitrogens with two attached hydrogens (primary N) is 15. The molecule has 0 unspecified atom stereocenters. The van der Waals surface area contributed by atoms with E-state index in [0.717, 1.165) is 78.5 Å². The first-order valence-electron chi connectivity index (χ1n) is 39.2. The third kappa shape index (κ3) is 148. The number of carboxylic acid groups (broad SMARTS) is 10. The Balaban J connectivity index is -0.000000116. The van der Waals surface area contributed by atoms with Crippen LogP contribution in [0.3, 0.4) is 0 Å². The monoisotopic (exact) mass is 1920 g/mol. The molecular formula is C64H145N35O32-4. The molecule has 20 amide bonds. The van der Waals surface area contributed by atoms with E-state index in [1.54, 1.807) is 24.5 Å². The van der Waals surface area contributed by atoms with E-state index in [2.05, 4.69) is 85.2 Å². The molecule has 67 nitrogen and oxygen atoms in total. The predicted octanol–water partition coefficient (Wildman–Crippen LogP) is -21.0. The average Bonchev–Trinajstić information content (AvgIpc) is 1.74. The fraction of sp³-hybridized carbons (Fsp3) is 0.719. The number of aliphatic carboxylic acids is 2. The van der Waals surface area contributed by atoms with Gasteiger partial charge >= 0.3 is 79.0 Å². The minimum absolute atomic E-state index is 0.0143. The molecule has 53 N–H and O–H groups in total. The van der Waals surface area contributed by atoms with Crippen LogP contribution in [0.2, 0.25) is 0 Å². The highest BCUT2D eigenvalue weighted by atomic mass is 16.8. The summed E-state index contributed by atoms with van der Waals surface area (Å²) in [4.78, 5) is 194. The van der Waals surface area contributed by atoms with Crippen molar-refractivity contribution in [1.29, 1.82) is 0 Å². The summed E-state index contributed by atoms with van der Waals surface area (Å²) in [6.07, 6.45) is -8.81. The number of primary amides is 2. The Hall–Kier alpha value is -13.3. The number of nitrogens with one attached hydrogen (secondary N) is 14. The number of hydrogen-bond acceptors (Lipinski definition) is 41. The summed E-state index contributed by atoms with van der Waals surface area (Å²) in [6.45, 7) is 24.4. The van der Waals surface area contributed by atoms with Gasteiger partial charge in [0.2, 0.25) is 0 Å². The Kier molecular flexibility index (Phi) is 128. The lowest BCUT2D eigenvalue weighted by atomic mass is 10.3. The summed E-state index contributed by atoms with van der Waals surface area (Å²) in [6, 6.07) is -1.14. The Labute approximate surface area is 755 Å². The number of nitrogens with zero attached hydrogens (tertiary/aromatic N) is 5. The van der Waals surface area contributed by atoms with E-state index < -0.39 is 60.8 Å². The molecule has 7 saturated heterocycles. The quantitative estimate of drug-likeness (QED) is 0.0220. The summed E-state index contributed by atoms with van der Waals surface area (Å²) in [5.74, 6) is -2.36. The second-order valence-electron chi connectivity index (χ2n) is 22.9. The van der Waals surface area contributed by atoms with Gasteiger partial charge in [-0.3, -0.25) is 0 Å². The standard InChI is InChI=1S/C8H14N4O2.C7H16N4O.C5H14N4O.C5H11N3O.C5H10N2O2.2C5H9NO4.2C3H8N2O2.C3H6N2O.C3H4O3.4C2H8N2.CH4N2O.2CH2O3.CO2/c13-7-9-1-3-11(7)5-6-12-4-2-10-8(12)14;8-1-2-9-3-5-11-6-4-10-7(11)12;6-1-3-8-5(10)9-4-2-7;6-1-3-8-4-2-7-5(8)9;8-4-3-7-2-1-6-5(7)9;2*7-4(8)2-1-3-6-5(9)10;2*4-1-2-5-3(6)7;6-3-4-1-2-5-3;4-3-5-1-2-6-3;4*3-1-2-4;3*2-1(3)4;2-1-3/h1-6H2,(H,9,13)(H,10,14);9H,1-6,8H2,(H,10,12);1-4,6-7H2,(H2,8,9,10);1-4,6H2,(H,7,9);8H,1-4H2,(H,6,9);2*6H,1-3H2,(H,7,8)(H,9,10);2*5H,1-2,4H2,(H,6,7);1-2H2,(H2,4,5,6);1-2H2;4*1-4H2;(H4,2,3,4);2*(H2,2,3,4);/p-4. The number of aliphatic hydroxyl groups excluding tert-OH is 1. The molecule has 0 atom stereocenters. The van der Waals surface area contributed by atoms with Gasteiger partial charge < -0.3 is 280 Å². The van der Waals surface area contributed by atoms with E-state index in [0.29, 0.717) is 177 Å². The molecule has 7 aliphatic heterocycles. The predicted molar refractivity (Wildman–Crippen MR) is 455 cm³/mol. The summed E-state index contributed by atoms with van der Waals surface area (Å²) in [5.41, 5.74) is 76.9. The summed E-state index contributed by atoms with van der Waals surface area (Å²) < 4.78 is 8.58. The molecule has 0 aromatic heterocycles. The number of cyclic esters (lactones) is 2. The van der Waals surface area contributed by atoms with Gasteiger partial charge in [-0.1, -0.05) is 0 Å². The lowest BCUT2D eigenvalue weighted by molar-refractivity contribution is -0.365. The second kappa shape index (κ2) is 117. The van der Waals surface area contributed by atoms with Crippen molar-refractivity contribution in [1.82, 2.24) is 98.9 Å². The van der Waals surface area contributed by atoms with Crippen LogP contribution in [0.15, 0.2) is 0 Å². The fourth-order valence-corrected chi connectivity index (χ4v) is 6.94. The molecular weight excluding hydrogens is 1770 g/mol. The van der Waals surface area contributed by atoms with E-state index in [1.807, 2.05) is 16.0 Å². The van der Waals surface area contributed by atoms with E-state index in [1.165, 1.54) is 0 Å². The molecule has 0 aromatic carbocycles. The van der Waals surface area contributed by atoms with E-state index in [9.17, 15) is 92.7 Å². The number of amides is 20. The number of carbonyl (C=O) groups is 17. The van der Waals surface area contributed by atoms with Crippen molar-refractivity contribution in [3.63, 3.8) is 0 Å². The van der Waals surface area contributed by atoms with Crippen LogP contribution >= 0.6 is 0 Å². The van der Waals surface area contributed by atoms with Gasteiger partial charge in [0.25, 0.3) is 0 Å². The number of aliphatic hydroxyl groups is 1. The first kappa shape index (κ1) is 144. The molecule has 7 aliphatic rings. The van der Waals surface area contributed by atoms with Crippen molar-refractivity contribution in [3.8, 4) is 0 Å². The van der Waals surface area contributed by atoms with Crippen LogP contribution in [0.4, 0.5) is 71.9 Å². The molecule has 0 bridgehead atoms. The molecule has 7 fully saturated rings. The Morgan fingerprint density at radius 2 is 0.634 bits per heavy atom. The maximum absolute atomic E-state index is 11.2. The smallest absolute Gasteiger partial charge is 0.508 e. The number of β-amino-alcohol motifs (C(OH)–C–C–N with tert-alkyl or cyclic N) is 1. The topological polar surface area (TPSA) is 1180 Å². The number of hydrogen-bond donors (Lipinski definition) is 36. The first-order valence-corrected chi connectivity index (χ1v) is 39.2. The molecule has 7 rings (SSSR count). The molecule has 0 radical (unpaired) electrons. The zero-order valence-corrected chi connectivity index (χ0v) is 73.4. The Bertz CT molecular complexity index is 2660. The maximum Gasteiger partial charge on any atom is 0.508 e. The number of carbonyl (C=O) groups excluding carboxylic acids is 16. The number of quaternary nitrogens is 1. The molecule has 0 saturated carbocycles. The van der Waals surface area contributed by atoms with E-state index in [4.69, 9.17) is 129 Å². The number of urea groups is 8. The third-order valence-corrected chi connectivity index (χ3v) is 12.3. The number of carboxylic acids is 2. The molecule has 7 heterocycles. The molecule has 131 heavy (non-hydrogen) atoms. The van der Waals surface area contributed by atoms with Crippen LogP contribution in [0.5, 0.6) is 0 Å². The molecule has 0 aliphatic carbocycles. The average molecular weight is 1920 g/mol. The maximum atomic E-state index is 11.2. The lowest BCUT2D eigenvalue weighted by Gasteiger charge is -2.19. The van der Waals surface area contributed by atoms with Gasteiger partial charge in [-0.2, -0.15) is 9.59 Å². The minimum Gasteiger partial charge on any atom is -0.550 e. The minimum atomic E-state index is -1.83. The van der Waals surface area contributed by atoms with Gasteiger partial charge in [-0.25, -0.2) is 57.5 Å². The zero-order valence-electron chi connectivity index (χ0n) is 73.4.